The normalized spacial score (nSPS) is 9.93. The van der Waals surface area contributed by atoms with Crippen LogP contribution in [-0.2, 0) is 4.79 Å². The Kier molecular flexibility index (Phi) is 2.55. The summed E-state index contributed by atoms with van der Waals surface area (Å²) in [6.45, 7) is 0. The predicted molar refractivity (Wildman–Crippen MR) is 40.8 cm³/mol. The van der Waals surface area contributed by atoms with Crippen molar-refractivity contribution in [3.8, 4) is 0 Å². The topological polar surface area (TPSA) is 61.2 Å². The number of rotatable bonds is 2. The Bertz CT molecular complexity index is 417. The SMILES string of the molecule is N=C(C(=O)O)c1cc(F)c(F)cc1F. The molecule has 3 nitrogen and oxygen atoms in total. The minimum atomic E-state index is -1.71. The monoisotopic (exact) mass is 203 g/mol. The number of hydrogen-bond acceptors (Lipinski definition) is 2. The lowest BCUT2D eigenvalue weighted by Crippen LogP contribution is -2.15. The number of carbonyl (C=O) groups is 1. The lowest BCUT2D eigenvalue weighted by molar-refractivity contribution is -0.129. The highest BCUT2D eigenvalue weighted by molar-refractivity contribution is 6.41. The van der Waals surface area contributed by atoms with Gasteiger partial charge in [-0.1, -0.05) is 0 Å². The number of hydrogen-bond donors (Lipinski definition) is 2. The molecule has 0 radical (unpaired) electrons. The van der Waals surface area contributed by atoms with Crippen LogP contribution in [0.3, 0.4) is 0 Å². The molecule has 0 amide bonds. The lowest BCUT2D eigenvalue weighted by Gasteiger charge is -2.01. The largest absolute Gasteiger partial charge is 0.477 e. The molecule has 1 aromatic rings. The highest BCUT2D eigenvalue weighted by atomic mass is 19.2. The molecule has 1 rings (SSSR count). The maximum absolute atomic E-state index is 12.8. The third-order valence-corrected chi connectivity index (χ3v) is 1.49. The third kappa shape index (κ3) is 1.73. The maximum Gasteiger partial charge on any atom is 0.354 e. The molecule has 0 aliphatic rings. The Balaban J connectivity index is 3.29. The van der Waals surface area contributed by atoms with E-state index in [4.69, 9.17) is 10.5 Å². The van der Waals surface area contributed by atoms with Gasteiger partial charge >= 0.3 is 5.97 Å². The Labute approximate surface area is 76.3 Å². The van der Waals surface area contributed by atoms with E-state index in [2.05, 4.69) is 0 Å². The van der Waals surface area contributed by atoms with Crippen LogP contribution in [0.1, 0.15) is 5.56 Å². The molecule has 0 spiro atoms. The van der Waals surface area contributed by atoms with E-state index in [1.165, 1.54) is 0 Å². The van der Waals surface area contributed by atoms with E-state index in [1.54, 1.807) is 0 Å². The molecule has 0 aliphatic heterocycles. The van der Waals surface area contributed by atoms with Crippen LogP contribution in [0, 0.1) is 22.9 Å². The van der Waals surface area contributed by atoms with Gasteiger partial charge in [-0.2, -0.15) is 0 Å². The number of carboxylic acids is 1. The molecule has 14 heavy (non-hydrogen) atoms. The lowest BCUT2D eigenvalue weighted by atomic mass is 10.1. The molecule has 0 saturated carbocycles. The van der Waals surface area contributed by atoms with E-state index < -0.39 is 34.7 Å². The second kappa shape index (κ2) is 3.49. The molecule has 2 N–H and O–H groups in total. The summed E-state index contributed by atoms with van der Waals surface area (Å²) in [7, 11) is 0. The molecule has 0 fully saturated rings. The molecule has 0 heterocycles. The van der Waals surface area contributed by atoms with E-state index in [1.807, 2.05) is 0 Å². The number of halogens is 3. The van der Waals surface area contributed by atoms with Crippen molar-refractivity contribution in [2.75, 3.05) is 0 Å². The summed E-state index contributed by atoms with van der Waals surface area (Å²) < 4.78 is 37.8. The fraction of sp³-hybridized carbons (Fsp3) is 0. The van der Waals surface area contributed by atoms with Crippen LogP contribution in [-0.4, -0.2) is 16.8 Å². The van der Waals surface area contributed by atoms with E-state index >= 15 is 0 Å². The zero-order valence-corrected chi connectivity index (χ0v) is 6.64. The minimum Gasteiger partial charge on any atom is -0.477 e. The fourth-order valence-corrected chi connectivity index (χ4v) is 0.829. The Morgan fingerprint density at radius 2 is 1.64 bits per heavy atom. The van der Waals surface area contributed by atoms with Crippen LogP contribution < -0.4 is 0 Å². The summed E-state index contributed by atoms with van der Waals surface area (Å²) in [5.74, 6) is -5.82. The Morgan fingerprint density at radius 3 is 2.14 bits per heavy atom. The zero-order valence-electron chi connectivity index (χ0n) is 6.64. The second-order valence-electron chi connectivity index (χ2n) is 2.43. The standard InChI is InChI=1S/C8H4F3NO2/c9-4-2-6(11)5(10)1-3(4)7(12)8(13)14/h1-2,12H,(H,13,14). The van der Waals surface area contributed by atoms with Gasteiger partial charge in [0.25, 0.3) is 0 Å². The van der Waals surface area contributed by atoms with E-state index in [0.29, 0.717) is 6.07 Å². The van der Waals surface area contributed by atoms with E-state index in [9.17, 15) is 18.0 Å². The van der Waals surface area contributed by atoms with Crippen LogP contribution in [0.25, 0.3) is 0 Å². The number of nitrogens with one attached hydrogen (secondary N) is 1. The fourth-order valence-electron chi connectivity index (χ4n) is 0.829. The molecule has 0 atom stereocenters. The summed E-state index contributed by atoms with van der Waals surface area (Å²) in [6.07, 6.45) is 0. The molecule has 0 saturated heterocycles. The van der Waals surface area contributed by atoms with Crippen molar-refractivity contribution in [2.45, 2.75) is 0 Å². The Hall–Kier alpha value is -1.85. The summed E-state index contributed by atoms with van der Waals surface area (Å²) in [4.78, 5) is 10.2. The number of carboxylic acid groups (broad SMARTS) is 1. The maximum atomic E-state index is 12.8. The van der Waals surface area contributed by atoms with Gasteiger partial charge in [-0.25, -0.2) is 18.0 Å². The average molecular weight is 203 g/mol. The highest BCUT2D eigenvalue weighted by Gasteiger charge is 2.17. The molecular formula is C8H4F3NO2. The van der Waals surface area contributed by atoms with Crippen molar-refractivity contribution in [1.82, 2.24) is 0 Å². The molecular weight excluding hydrogens is 199 g/mol. The molecule has 6 heteroatoms. The second-order valence-corrected chi connectivity index (χ2v) is 2.43. The van der Waals surface area contributed by atoms with Crippen LogP contribution in [0.5, 0.6) is 0 Å². The van der Waals surface area contributed by atoms with E-state index in [0.717, 1.165) is 0 Å². The van der Waals surface area contributed by atoms with Gasteiger partial charge in [0.15, 0.2) is 11.6 Å². The summed E-state index contributed by atoms with van der Waals surface area (Å²) in [5, 5.41) is 15.2. The minimum absolute atomic E-state index is 0.197. The first-order valence-corrected chi connectivity index (χ1v) is 3.40. The van der Waals surface area contributed by atoms with Crippen LogP contribution >= 0.6 is 0 Å². The summed E-state index contributed by atoms with van der Waals surface area (Å²) in [6, 6.07) is 0.531. The first-order valence-electron chi connectivity index (χ1n) is 3.40. The molecule has 0 aromatic heterocycles. The van der Waals surface area contributed by atoms with Gasteiger partial charge in [-0.3, -0.25) is 5.41 Å². The van der Waals surface area contributed by atoms with Crippen molar-refractivity contribution >= 4 is 11.7 Å². The average Bonchev–Trinajstić information content (AvgIpc) is 2.10. The molecule has 1 aromatic carbocycles. The van der Waals surface area contributed by atoms with Crippen molar-refractivity contribution in [2.24, 2.45) is 0 Å². The summed E-state index contributed by atoms with van der Waals surface area (Å²) >= 11 is 0. The van der Waals surface area contributed by atoms with Crippen molar-refractivity contribution in [3.63, 3.8) is 0 Å². The van der Waals surface area contributed by atoms with Gasteiger partial charge in [0, 0.05) is 11.6 Å². The molecule has 74 valence electrons. The third-order valence-electron chi connectivity index (χ3n) is 1.49. The molecule has 0 unspecified atom stereocenters. The van der Waals surface area contributed by atoms with Gasteiger partial charge < -0.3 is 5.11 Å². The van der Waals surface area contributed by atoms with Gasteiger partial charge in [-0.05, 0) is 6.07 Å². The first-order chi connectivity index (χ1) is 6.43. The van der Waals surface area contributed by atoms with E-state index in [-0.39, 0.29) is 6.07 Å². The van der Waals surface area contributed by atoms with Gasteiger partial charge in [0.2, 0.25) is 0 Å². The molecule has 0 aliphatic carbocycles. The van der Waals surface area contributed by atoms with Crippen molar-refractivity contribution in [3.05, 3.63) is 35.1 Å². The van der Waals surface area contributed by atoms with Gasteiger partial charge in [0.1, 0.15) is 11.5 Å². The quantitative estimate of drug-likeness (QED) is 0.565. The first kappa shape index (κ1) is 10.2. The zero-order chi connectivity index (χ0) is 10.9. The number of aliphatic carboxylic acids is 1. The Morgan fingerprint density at radius 1 is 1.14 bits per heavy atom. The molecule has 0 bridgehead atoms. The summed E-state index contributed by atoms with van der Waals surface area (Å²) in [5.41, 5.74) is -1.90. The van der Waals surface area contributed by atoms with Crippen molar-refractivity contribution in [1.29, 1.82) is 5.41 Å². The van der Waals surface area contributed by atoms with Crippen LogP contribution in [0.2, 0.25) is 0 Å². The van der Waals surface area contributed by atoms with Crippen LogP contribution in [0.4, 0.5) is 13.2 Å². The number of benzene rings is 1. The van der Waals surface area contributed by atoms with Gasteiger partial charge in [0.05, 0.1) is 0 Å². The van der Waals surface area contributed by atoms with Crippen LogP contribution in [0.15, 0.2) is 12.1 Å². The van der Waals surface area contributed by atoms with Gasteiger partial charge in [-0.15, -0.1) is 0 Å². The highest BCUT2D eigenvalue weighted by Crippen LogP contribution is 2.14. The predicted octanol–water partition coefficient (Wildman–Crippen LogP) is 1.56. The smallest absolute Gasteiger partial charge is 0.354 e. The van der Waals surface area contributed by atoms with Crippen molar-refractivity contribution < 1.29 is 23.1 Å².